The Balaban J connectivity index is 2.03. The minimum Gasteiger partial charge on any atom is -0.481 e. The summed E-state index contributed by atoms with van der Waals surface area (Å²) in [6.45, 7) is 6.56. The third kappa shape index (κ3) is 5.17. The Morgan fingerprint density at radius 1 is 1.16 bits per heavy atom. The van der Waals surface area contributed by atoms with Gasteiger partial charge in [-0.05, 0) is 29.5 Å². The molecule has 2 rings (SSSR count). The smallest absolute Gasteiger partial charge is 0.305 e. The number of aromatic nitrogens is 2. The van der Waals surface area contributed by atoms with Gasteiger partial charge in [-0.3, -0.25) is 14.3 Å². The van der Waals surface area contributed by atoms with E-state index in [0.717, 1.165) is 12.0 Å². The molecule has 0 aliphatic carbocycles. The molecular weight excluding hydrogens is 318 g/mol. The van der Waals surface area contributed by atoms with Crippen molar-refractivity contribution in [3.05, 3.63) is 53.3 Å². The summed E-state index contributed by atoms with van der Waals surface area (Å²) < 4.78 is 1.47. The van der Waals surface area contributed by atoms with Gasteiger partial charge < -0.3 is 10.4 Å². The number of aryl methyl sites for hydroxylation is 1. The number of carboxylic acid groups (broad SMARTS) is 1. The summed E-state index contributed by atoms with van der Waals surface area (Å²) in [5, 5.41) is 15.8. The number of nitrogens with zero attached hydrogens (tertiary/aromatic N) is 2. The highest BCUT2D eigenvalue weighted by Gasteiger charge is 2.16. The van der Waals surface area contributed by atoms with Crippen molar-refractivity contribution in [2.24, 2.45) is 0 Å². The van der Waals surface area contributed by atoms with E-state index in [1.165, 1.54) is 10.2 Å². The standard InChI is InChI=1S/C19H25N3O3/c1-4-16(15-7-5-14(6-8-15)13(2)3)20-19(25)17-9-11-22(21-17)12-10-18(23)24/h5-9,11,13,16H,4,10,12H2,1-3H3,(H,20,25)(H,23,24). The fourth-order valence-electron chi connectivity index (χ4n) is 2.58. The number of carbonyl (C=O) groups is 2. The number of benzene rings is 1. The van der Waals surface area contributed by atoms with Crippen molar-refractivity contribution < 1.29 is 14.7 Å². The molecule has 1 aromatic heterocycles. The summed E-state index contributed by atoms with van der Waals surface area (Å²) in [6.07, 6.45) is 2.37. The third-order valence-electron chi connectivity index (χ3n) is 4.15. The second-order valence-corrected chi connectivity index (χ2v) is 6.36. The lowest BCUT2D eigenvalue weighted by Crippen LogP contribution is -2.28. The normalized spacial score (nSPS) is 12.2. The van der Waals surface area contributed by atoms with Crippen molar-refractivity contribution >= 4 is 11.9 Å². The third-order valence-corrected chi connectivity index (χ3v) is 4.15. The van der Waals surface area contributed by atoms with Crippen LogP contribution in [0.5, 0.6) is 0 Å². The van der Waals surface area contributed by atoms with E-state index >= 15 is 0 Å². The van der Waals surface area contributed by atoms with Gasteiger partial charge in [0.25, 0.3) is 5.91 Å². The van der Waals surface area contributed by atoms with Gasteiger partial charge in [-0.2, -0.15) is 5.10 Å². The maximum atomic E-state index is 12.4. The van der Waals surface area contributed by atoms with E-state index in [2.05, 4.69) is 48.5 Å². The molecular formula is C19H25N3O3. The fourth-order valence-corrected chi connectivity index (χ4v) is 2.58. The van der Waals surface area contributed by atoms with Crippen molar-refractivity contribution in [1.29, 1.82) is 0 Å². The Morgan fingerprint density at radius 2 is 1.80 bits per heavy atom. The monoisotopic (exact) mass is 343 g/mol. The molecule has 25 heavy (non-hydrogen) atoms. The van der Waals surface area contributed by atoms with Crippen LogP contribution in [0, 0.1) is 0 Å². The molecule has 1 unspecified atom stereocenters. The van der Waals surface area contributed by atoms with Crippen LogP contribution < -0.4 is 5.32 Å². The van der Waals surface area contributed by atoms with Gasteiger partial charge >= 0.3 is 5.97 Å². The molecule has 1 heterocycles. The van der Waals surface area contributed by atoms with Crippen molar-refractivity contribution in [3.8, 4) is 0 Å². The van der Waals surface area contributed by atoms with Crippen LogP contribution in [-0.2, 0) is 11.3 Å². The van der Waals surface area contributed by atoms with Crippen LogP contribution in [0.3, 0.4) is 0 Å². The molecule has 1 amide bonds. The zero-order valence-corrected chi connectivity index (χ0v) is 14.9. The van der Waals surface area contributed by atoms with Gasteiger partial charge in [-0.15, -0.1) is 0 Å². The summed E-state index contributed by atoms with van der Waals surface area (Å²) in [5.74, 6) is -0.676. The Kier molecular flexibility index (Phi) is 6.33. The molecule has 0 aliphatic rings. The number of rotatable bonds is 8. The minimum atomic E-state index is -0.891. The number of amides is 1. The van der Waals surface area contributed by atoms with Gasteiger partial charge in [0.05, 0.1) is 19.0 Å². The molecule has 0 aliphatic heterocycles. The summed E-state index contributed by atoms with van der Waals surface area (Å²) in [4.78, 5) is 23.0. The Morgan fingerprint density at radius 3 is 2.36 bits per heavy atom. The number of hydrogen-bond acceptors (Lipinski definition) is 3. The predicted octanol–water partition coefficient (Wildman–Crippen LogP) is 3.36. The van der Waals surface area contributed by atoms with E-state index in [9.17, 15) is 9.59 Å². The van der Waals surface area contributed by atoms with E-state index in [1.54, 1.807) is 12.3 Å². The average molecular weight is 343 g/mol. The maximum Gasteiger partial charge on any atom is 0.305 e. The van der Waals surface area contributed by atoms with Crippen LogP contribution in [0.15, 0.2) is 36.5 Å². The fraction of sp³-hybridized carbons (Fsp3) is 0.421. The molecule has 0 saturated carbocycles. The zero-order chi connectivity index (χ0) is 18.4. The molecule has 0 saturated heterocycles. The molecule has 6 nitrogen and oxygen atoms in total. The van der Waals surface area contributed by atoms with Crippen LogP contribution in [0.1, 0.15) is 67.2 Å². The molecule has 2 N–H and O–H groups in total. The van der Waals surface area contributed by atoms with Crippen LogP contribution in [-0.4, -0.2) is 26.8 Å². The maximum absolute atomic E-state index is 12.4. The van der Waals surface area contributed by atoms with Crippen molar-refractivity contribution in [2.45, 2.75) is 52.1 Å². The lowest BCUT2D eigenvalue weighted by Gasteiger charge is -2.17. The Bertz CT molecular complexity index is 720. The lowest BCUT2D eigenvalue weighted by atomic mass is 9.98. The lowest BCUT2D eigenvalue weighted by molar-refractivity contribution is -0.137. The topological polar surface area (TPSA) is 84.2 Å². The number of nitrogens with one attached hydrogen (secondary N) is 1. The molecule has 1 atom stereocenters. The first-order chi connectivity index (χ1) is 11.9. The van der Waals surface area contributed by atoms with E-state index < -0.39 is 5.97 Å². The summed E-state index contributed by atoms with van der Waals surface area (Å²) in [5.41, 5.74) is 2.62. The van der Waals surface area contributed by atoms with Crippen molar-refractivity contribution in [2.75, 3.05) is 0 Å². The first-order valence-electron chi connectivity index (χ1n) is 8.56. The first kappa shape index (κ1) is 18.7. The molecule has 0 radical (unpaired) electrons. The molecule has 2 aromatic rings. The number of carbonyl (C=O) groups excluding carboxylic acids is 1. The molecule has 134 valence electrons. The van der Waals surface area contributed by atoms with E-state index in [1.807, 2.05) is 6.92 Å². The van der Waals surface area contributed by atoms with Crippen LogP contribution in [0.25, 0.3) is 0 Å². The van der Waals surface area contributed by atoms with E-state index in [4.69, 9.17) is 5.11 Å². The first-order valence-corrected chi connectivity index (χ1v) is 8.56. The summed E-state index contributed by atoms with van der Waals surface area (Å²) in [7, 11) is 0. The Hall–Kier alpha value is -2.63. The zero-order valence-electron chi connectivity index (χ0n) is 14.9. The molecule has 6 heteroatoms. The second kappa shape index (κ2) is 8.46. The Labute approximate surface area is 147 Å². The van der Waals surface area contributed by atoms with E-state index in [0.29, 0.717) is 11.6 Å². The van der Waals surface area contributed by atoms with Gasteiger partial charge in [0, 0.05) is 6.20 Å². The highest BCUT2D eigenvalue weighted by atomic mass is 16.4. The highest BCUT2D eigenvalue weighted by molar-refractivity contribution is 5.92. The number of hydrogen-bond donors (Lipinski definition) is 2. The number of carboxylic acids is 1. The largest absolute Gasteiger partial charge is 0.481 e. The van der Waals surface area contributed by atoms with Gasteiger partial charge in [-0.1, -0.05) is 45.0 Å². The predicted molar refractivity (Wildman–Crippen MR) is 95.5 cm³/mol. The molecule has 0 spiro atoms. The van der Waals surface area contributed by atoms with Gasteiger partial charge in [0.15, 0.2) is 0 Å². The highest BCUT2D eigenvalue weighted by Crippen LogP contribution is 2.21. The van der Waals surface area contributed by atoms with Gasteiger partial charge in [0.1, 0.15) is 5.69 Å². The van der Waals surface area contributed by atoms with E-state index in [-0.39, 0.29) is 24.9 Å². The molecule has 0 bridgehead atoms. The SMILES string of the molecule is CCC(NC(=O)c1ccn(CCC(=O)O)n1)c1ccc(C(C)C)cc1. The number of aliphatic carboxylic acids is 1. The second-order valence-electron chi connectivity index (χ2n) is 6.36. The summed E-state index contributed by atoms with van der Waals surface area (Å²) >= 11 is 0. The molecule has 1 aromatic carbocycles. The summed E-state index contributed by atoms with van der Waals surface area (Å²) in [6, 6.07) is 9.80. The van der Waals surface area contributed by atoms with Crippen LogP contribution in [0.4, 0.5) is 0 Å². The van der Waals surface area contributed by atoms with Gasteiger partial charge in [0.2, 0.25) is 0 Å². The minimum absolute atomic E-state index is 0.0253. The average Bonchev–Trinajstić information content (AvgIpc) is 3.07. The quantitative estimate of drug-likeness (QED) is 0.770. The van der Waals surface area contributed by atoms with Gasteiger partial charge in [-0.25, -0.2) is 0 Å². The van der Waals surface area contributed by atoms with Crippen LogP contribution >= 0.6 is 0 Å². The van der Waals surface area contributed by atoms with Crippen molar-refractivity contribution in [1.82, 2.24) is 15.1 Å². The molecule has 0 fully saturated rings. The van der Waals surface area contributed by atoms with Crippen molar-refractivity contribution in [3.63, 3.8) is 0 Å². The van der Waals surface area contributed by atoms with Crippen LogP contribution in [0.2, 0.25) is 0 Å².